The zero-order valence-electron chi connectivity index (χ0n) is 11.6. The lowest BCUT2D eigenvalue weighted by atomic mass is 10.0. The lowest BCUT2D eigenvalue weighted by Gasteiger charge is -2.22. The Hall–Kier alpha value is -1.94. The number of benzene rings is 1. The Kier molecular flexibility index (Phi) is 3.65. The van der Waals surface area contributed by atoms with Gasteiger partial charge in [0, 0.05) is 11.6 Å². The number of nitrogens with zero attached hydrogens (tertiary/aromatic N) is 1. The van der Waals surface area contributed by atoms with E-state index in [1.807, 2.05) is 31.2 Å². The Labute approximate surface area is 118 Å². The van der Waals surface area contributed by atoms with Crippen molar-refractivity contribution in [1.82, 2.24) is 10.3 Å². The Balaban J connectivity index is 1.87. The van der Waals surface area contributed by atoms with Gasteiger partial charge < -0.3 is 10.6 Å². The molecule has 0 saturated carbocycles. The minimum Gasteiger partial charge on any atom is -0.324 e. The molecule has 1 aliphatic heterocycles. The summed E-state index contributed by atoms with van der Waals surface area (Å²) >= 11 is 0. The standard InChI is InChI=1S/C16H19N3O/c1-11-7-8-13(12-5-4-10-18-15(11)12)19-16(20)14-6-2-3-9-17-14/h4-5,7-8,10,14,17H,2-3,6,9H2,1H3,(H,19,20)/t14-/m0/s1. The summed E-state index contributed by atoms with van der Waals surface area (Å²) in [6, 6.07) is 7.78. The van der Waals surface area contributed by atoms with E-state index >= 15 is 0 Å². The number of hydrogen-bond donors (Lipinski definition) is 2. The molecule has 0 radical (unpaired) electrons. The lowest BCUT2D eigenvalue weighted by Crippen LogP contribution is -2.43. The molecule has 1 saturated heterocycles. The maximum atomic E-state index is 12.3. The van der Waals surface area contributed by atoms with Crippen molar-refractivity contribution < 1.29 is 4.79 Å². The maximum absolute atomic E-state index is 12.3. The first-order chi connectivity index (χ1) is 9.75. The molecule has 2 aromatic rings. The van der Waals surface area contributed by atoms with Gasteiger partial charge in [0.1, 0.15) is 0 Å². The van der Waals surface area contributed by atoms with Crippen molar-refractivity contribution in [2.45, 2.75) is 32.2 Å². The molecule has 0 unspecified atom stereocenters. The Morgan fingerprint density at radius 1 is 1.35 bits per heavy atom. The van der Waals surface area contributed by atoms with Crippen LogP contribution in [0.1, 0.15) is 24.8 Å². The number of fused-ring (bicyclic) bond motifs is 1. The van der Waals surface area contributed by atoms with Crippen molar-refractivity contribution in [2.75, 3.05) is 11.9 Å². The van der Waals surface area contributed by atoms with Gasteiger partial charge in [0.2, 0.25) is 5.91 Å². The SMILES string of the molecule is Cc1ccc(NC(=O)[C@@H]2CCCCN2)c2cccnc12. The van der Waals surface area contributed by atoms with Crippen LogP contribution in [0.4, 0.5) is 5.69 Å². The van der Waals surface area contributed by atoms with E-state index in [0.717, 1.165) is 48.0 Å². The molecule has 4 nitrogen and oxygen atoms in total. The lowest BCUT2D eigenvalue weighted by molar-refractivity contribution is -0.118. The van der Waals surface area contributed by atoms with E-state index in [1.54, 1.807) is 6.20 Å². The average molecular weight is 269 g/mol. The largest absolute Gasteiger partial charge is 0.324 e. The molecule has 0 spiro atoms. The summed E-state index contributed by atoms with van der Waals surface area (Å²) in [5.41, 5.74) is 2.91. The van der Waals surface area contributed by atoms with Crippen LogP contribution in [0.5, 0.6) is 0 Å². The molecule has 0 bridgehead atoms. The molecule has 1 fully saturated rings. The van der Waals surface area contributed by atoms with Crippen molar-refractivity contribution in [3.05, 3.63) is 36.0 Å². The highest BCUT2D eigenvalue weighted by molar-refractivity contribution is 6.03. The summed E-state index contributed by atoms with van der Waals surface area (Å²) in [5, 5.41) is 7.31. The maximum Gasteiger partial charge on any atom is 0.241 e. The second-order valence-corrected chi connectivity index (χ2v) is 5.32. The molecule has 3 rings (SSSR count). The fourth-order valence-corrected chi connectivity index (χ4v) is 2.72. The van der Waals surface area contributed by atoms with Crippen molar-refractivity contribution >= 4 is 22.5 Å². The summed E-state index contributed by atoms with van der Waals surface area (Å²) in [4.78, 5) is 16.7. The van der Waals surface area contributed by atoms with Crippen LogP contribution in [-0.4, -0.2) is 23.5 Å². The molecule has 1 atom stereocenters. The molecule has 4 heteroatoms. The van der Waals surface area contributed by atoms with Gasteiger partial charge >= 0.3 is 0 Å². The molecule has 20 heavy (non-hydrogen) atoms. The minimum absolute atomic E-state index is 0.0544. The first kappa shape index (κ1) is 13.1. The molecule has 1 aromatic carbocycles. The van der Waals surface area contributed by atoms with Crippen LogP contribution in [0.15, 0.2) is 30.5 Å². The molecule has 0 aliphatic carbocycles. The van der Waals surface area contributed by atoms with Gasteiger partial charge in [-0.1, -0.05) is 12.5 Å². The van der Waals surface area contributed by atoms with Gasteiger partial charge in [-0.15, -0.1) is 0 Å². The third kappa shape index (κ3) is 2.51. The molecule has 2 heterocycles. The number of hydrogen-bond acceptors (Lipinski definition) is 3. The number of piperidine rings is 1. The highest BCUT2D eigenvalue weighted by Gasteiger charge is 2.21. The fraction of sp³-hybridized carbons (Fsp3) is 0.375. The molecule has 1 aliphatic rings. The quantitative estimate of drug-likeness (QED) is 0.881. The number of nitrogens with one attached hydrogen (secondary N) is 2. The van der Waals surface area contributed by atoms with E-state index in [-0.39, 0.29) is 11.9 Å². The second-order valence-electron chi connectivity index (χ2n) is 5.32. The van der Waals surface area contributed by atoms with Gasteiger partial charge in [-0.05, 0) is 50.1 Å². The van der Waals surface area contributed by atoms with E-state index in [4.69, 9.17) is 0 Å². The monoisotopic (exact) mass is 269 g/mol. The first-order valence-corrected chi connectivity index (χ1v) is 7.14. The van der Waals surface area contributed by atoms with Crippen LogP contribution in [0.2, 0.25) is 0 Å². The molecular formula is C16H19N3O. The van der Waals surface area contributed by atoms with Crippen molar-refractivity contribution in [2.24, 2.45) is 0 Å². The van der Waals surface area contributed by atoms with Crippen LogP contribution in [0.25, 0.3) is 10.9 Å². The van der Waals surface area contributed by atoms with E-state index in [0.29, 0.717) is 0 Å². The van der Waals surface area contributed by atoms with Gasteiger partial charge in [-0.2, -0.15) is 0 Å². The first-order valence-electron chi connectivity index (χ1n) is 7.14. The van der Waals surface area contributed by atoms with Crippen LogP contribution in [0.3, 0.4) is 0 Å². The molecule has 104 valence electrons. The summed E-state index contributed by atoms with van der Waals surface area (Å²) in [6.45, 7) is 2.96. The number of carbonyl (C=O) groups excluding carboxylic acids is 1. The van der Waals surface area contributed by atoms with Gasteiger partial charge in [0.05, 0.1) is 17.2 Å². The summed E-state index contributed by atoms with van der Waals surface area (Å²) in [6.07, 6.45) is 4.96. The Bertz CT molecular complexity index is 633. The van der Waals surface area contributed by atoms with Gasteiger partial charge in [0.15, 0.2) is 0 Å². The highest BCUT2D eigenvalue weighted by atomic mass is 16.2. The van der Waals surface area contributed by atoms with E-state index in [1.165, 1.54) is 0 Å². The number of anilines is 1. The van der Waals surface area contributed by atoms with E-state index < -0.39 is 0 Å². The van der Waals surface area contributed by atoms with Crippen LogP contribution in [0, 0.1) is 6.92 Å². The van der Waals surface area contributed by atoms with Crippen LogP contribution < -0.4 is 10.6 Å². The molecule has 1 aromatic heterocycles. The van der Waals surface area contributed by atoms with Crippen molar-refractivity contribution in [3.8, 4) is 0 Å². The van der Waals surface area contributed by atoms with E-state index in [9.17, 15) is 4.79 Å². The predicted octanol–water partition coefficient (Wildman–Crippen LogP) is 2.62. The number of pyridine rings is 1. The van der Waals surface area contributed by atoms with Crippen LogP contribution in [-0.2, 0) is 4.79 Å². The third-order valence-corrected chi connectivity index (χ3v) is 3.86. The normalized spacial score (nSPS) is 18.9. The number of aryl methyl sites for hydroxylation is 1. The van der Waals surface area contributed by atoms with Crippen LogP contribution >= 0.6 is 0 Å². The molecule has 1 amide bonds. The highest BCUT2D eigenvalue weighted by Crippen LogP contribution is 2.25. The smallest absolute Gasteiger partial charge is 0.241 e. The third-order valence-electron chi connectivity index (χ3n) is 3.86. The average Bonchev–Trinajstić information content (AvgIpc) is 2.51. The topological polar surface area (TPSA) is 54.0 Å². The predicted molar refractivity (Wildman–Crippen MR) is 80.8 cm³/mol. The number of aromatic nitrogens is 1. The summed E-state index contributed by atoms with van der Waals surface area (Å²) < 4.78 is 0. The zero-order chi connectivity index (χ0) is 13.9. The number of carbonyl (C=O) groups is 1. The molecule has 2 N–H and O–H groups in total. The minimum atomic E-state index is -0.0724. The fourth-order valence-electron chi connectivity index (χ4n) is 2.72. The van der Waals surface area contributed by atoms with Crippen molar-refractivity contribution in [3.63, 3.8) is 0 Å². The van der Waals surface area contributed by atoms with Crippen molar-refractivity contribution in [1.29, 1.82) is 0 Å². The Morgan fingerprint density at radius 2 is 2.25 bits per heavy atom. The second kappa shape index (κ2) is 5.59. The summed E-state index contributed by atoms with van der Waals surface area (Å²) in [5.74, 6) is 0.0544. The van der Waals surface area contributed by atoms with Gasteiger partial charge in [0.25, 0.3) is 0 Å². The molecular weight excluding hydrogens is 250 g/mol. The van der Waals surface area contributed by atoms with Gasteiger partial charge in [-0.25, -0.2) is 0 Å². The van der Waals surface area contributed by atoms with E-state index in [2.05, 4.69) is 15.6 Å². The van der Waals surface area contributed by atoms with Gasteiger partial charge in [-0.3, -0.25) is 9.78 Å². The summed E-state index contributed by atoms with van der Waals surface area (Å²) in [7, 11) is 0. The Morgan fingerprint density at radius 3 is 3.05 bits per heavy atom. The number of rotatable bonds is 2. The zero-order valence-corrected chi connectivity index (χ0v) is 11.6. The number of amides is 1.